The molecule has 16 heteroatoms. The highest BCUT2D eigenvalue weighted by molar-refractivity contribution is 8.07. The van der Waals surface area contributed by atoms with Crippen LogP contribution in [0.25, 0.3) is 0 Å². The first-order valence-corrected chi connectivity index (χ1v) is 12.7. The lowest BCUT2D eigenvalue weighted by atomic mass is 10.0. The molecule has 3 amide bonds. The van der Waals surface area contributed by atoms with E-state index >= 15 is 0 Å². The number of anilines is 1. The van der Waals surface area contributed by atoms with Gasteiger partial charge in [0.15, 0.2) is 9.47 Å². The van der Waals surface area contributed by atoms with Crippen LogP contribution < -0.4 is 10.6 Å². The Balaban J connectivity index is 1.45. The van der Waals surface area contributed by atoms with E-state index in [1.54, 1.807) is 6.92 Å². The first kappa shape index (κ1) is 23.0. The Morgan fingerprint density at radius 3 is 2.81 bits per heavy atom. The van der Waals surface area contributed by atoms with Gasteiger partial charge in [0.1, 0.15) is 26.5 Å². The lowest BCUT2D eigenvalue weighted by Gasteiger charge is -2.49. The van der Waals surface area contributed by atoms with E-state index in [2.05, 4.69) is 25.8 Å². The van der Waals surface area contributed by atoms with E-state index in [0.717, 1.165) is 16.3 Å². The molecule has 0 saturated carbocycles. The first-order chi connectivity index (χ1) is 15.3. The predicted molar refractivity (Wildman–Crippen MR) is 121 cm³/mol. The number of halogens is 1. The fourth-order valence-electron chi connectivity index (χ4n) is 3.03. The van der Waals surface area contributed by atoms with Crippen molar-refractivity contribution in [3.8, 4) is 0 Å². The molecule has 2 aliphatic rings. The molecule has 2 aromatic rings. The van der Waals surface area contributed by atoms with Gasteiger partial charge in [-0.2, -0.15) is 0 Å². The molecule has 11 nitrogen and oxygen atoms in total. The second-order valence-electron chi connectivity index (χ2n) is 6.40. The van der Waals surface area contributed by atoms with Crippen LogP contribution in [0.15, 0.2) is 14.9 Å². The zero-order valence-electron chi connectivity index (χ0n) is 16.0. The zero-order valence-corrected chi connectivity index (χ0v) is 20.0. The number of hydrogen-bond acceptors (Lipinski definition) is 11. The maximum absolute atomic E-state index is 12.7. The van der Waals surface area contributed by atoms with E-state index in [4.69, 9.17) is 11.6 Å². The van der Waals surface area contributed by atoms with Crippen molar-refractivity contribution >= 4 is 87.1 Å². The molecule has 4 rings (SSSR count). The van der Waals surface area contributed by atoms with Crippen LogP contribution in [-0.4, -0.2) is 66.6 Å². The van der Waals surface area contributed by atoms with Gasteiger partial charge in [0.2, 0.25) is 12.3 Å². The average Bonchev–Trinajstić information content (AvgIpc) is 3.30. The van der Waals surface area contributed by atoms with Gasteiger partial charge in [-0.3, -0.25) is 19.3 Å². The third kappa shape index (κ3) is 4.47. The lowest BCUT2D eigenvalue weighted by molar-refractivity contribution is -0.150. The van der Waals surface area contributed by atoms with Gasteiger partial charge in [0.25, 0.3) is 5.91 Å². The van der Waals surface area contributed by atoms with Crippen molar-refractivity contribution in [1.29, 1.82) is 0 Å². The van der Waals surface area contributed by atoms with Crippen LogP contribution in [0.2, 0.25) is 4.34 Å². The summed E-state index contributed by atoms with van der Waals surface area (Å²) in [6.45, 7) is 1.80. The van der Waals surface area contributed by atoms with Gasteiger partial charge in [-0.15, -0.1) is 22.0 Å². The molecule has 2 aromatic heterocycles. The molecule has 1 fully saturated rings. The van der Waals surface area contributed by atoms with E-state index < -0.39 is 29.2 Å². The molecule has 3 N–H and O–H groups in total. The summed E-state index contributed by atoms with van der Waals surface area (Å²) < 4.78 is 0.847. The number of amides is 3. The number of rotatable bonds is 8. The molecule has 168 valence electrons. The number of thioether (sulfide) groups is 2. The highest BCUT2D eigenvalue weighted by Crippen LogP contribution is 2.45. The molecule has 0 aliphatic carbocycles. The summed E-state index contributed by atoms with van der Waals surface area (Å²) in [6.07, 6.45) is 0.267. The molecule has 2 aliphatic heterocycles. The topological polar surface area (TPSA) is 154 Å². The number of aromatic nitrogens is 3. The Labute approximate surface area is 202 Å². The molecule has 32 heavy (non-hydrogen) atoms. The van der Waals surface area contributed by atoms with Gasteiger partial charge in [0.05, 0.1) is 12.1 Å². The summed E-state index contributed by atoms with van der Waals surface area (Å²) in [5, 5.41) is 23.1. The SMILES string of the molecule is Cc1nnc(SC2=C(C(=O)O)N3C(=O)[C@@H](NC(=O)Cc4nc(NC=O)sc4Cl)[C@H]3SC2)s1. The highest BCUT2D eigenvalue weighted by Gasteiger charge is 2.54. The molecule has 1 saturated heterocycles. The normalized spacial score (nSPS) is 19.9. The Morgan fingerprint density at radius 1 is 1.38 bits per heavy atom. The third-order valence-corrected chi connectivity index (χ3v) is 9.03. The van der Waals surface area contributed by atoms with E-state index in [1.807, 2.05) is 0 Å². The van der Waals surface area contributed by atoms with Crippen LogP contribution >= 0.6 is 57.8 Å². The second-order valence-corrected chi connectivity index (χ2v) is 11.6. The quantitative estimate of drug-likeness (QED) is 0.337. The highest BCUT2D eigenvalue weighted by atomic mass is 35.5. The number of carbonyl (C=O) groups excluding carboxylic acids is 3. The molecule has 0 unspecified atom stereocenters. The molecule has 0 spiro atoms. The molecular weight excluding hydrogens is 520 g/mol. The van der Waals surface area contributed by atoms with Crippen LogP contribution in [-0.2, 0) is 25.6 Å². The van der Waals surface area contributed by atoms with Gasteiger partial charge < -0.3 is 15.7 Å². The van der Waals surface area contributed by atoms with Crippen LogP contribution in [0.5, 0.6) is 0 Å². The van der Waals surface area contributed by atoms with E-state index in [1.165, 1.54) is 39.8 Å². The maximum atomic E-state index is 12.7. The van der Waals surface area contributed by atoms with E-state index in [-0.39, 0.29) is 27.3 Å². The Morgan fingerprint density at radius 2 is 2.16 bits per heavy atom. The number of nitrogens with one attached hydrogen (secondary N) is 2. The minimum absolute atomic E-state index is 0.103. The number of nitrogens with zero attached hydrogens (tertiary/aromatic N) is 4. The van der Waals surface area contributed by atoms with Crippen molar-refractivity contribution < 1.29 is 24.3 Å². The van der Waals surface area contributed by atoms with Gasteiger partial charge in [0, 0.05) is 10.7 Å². The van der Waals surface area contributed by atoms with Crippen molar-refractivity contribution in [3.63, 3.8) is 0 Å². The van der Waals surface area contributed by atoms with Crippen LogP contribution in [0.4, 0.5) is 5.13 Å². The van der Waals surface area contributed by atoms with Crippen molar-refractivity contribution in [2.45, 2.75) is 29.1 Å². The zero-order chi connectivity index (χ0) is 23.0. The van der Waals surface area contributed by atoms with Crippen molar-refractivity contribution in [3.05, 3.63) is 25.6 Å². The average molecular weight is 533 g/mol. The number of thiazole rings is 1. The van der Waals surface area contributed by atoms with Gasteiger partial charge in [-0.1, -0.05) is 46.0 Å². The number of fused-ring (bicyclic) bond motifs is 1. The second kappa shape index (κ2) is 9.35. The monoisotopic (exact) mass is 532 g/mol. The van der Waals surface area contributed by atoms with Gasteiger partial charge >= 0.3 is 5.97 Å². The smallest absolute Gasteiger partial charge is 0.353 e. The fraction of sp³-hybridized carbons (Fsp3) is 0.312. The number of aliphatic carboxylic acids is 1. The molecule has 0 radical (unpaired) electrons. The maximum Gasteiger partial charge on any atom is 0.353 e. The Kier molecular flexibility index (Phi) is 6.71. The minimum atomic E-state index is -1.22. The summed E-state index contributed by atoms with van der Waals surface area (Å²) >= 11 is 10.9. The first-order valence-electron chi connectivity index (χ1n) is 8.82. The molecular formula is C16H13ClN6O5S4. The molecule has 0 bridgehead atoms. The Hall–Kier alpha value is -2.20. The van der Waals surface area contributed by atoms with Crippen molar-refractivity contribution in [2.24, 2.45) is 0 Å². The van der Waals surface area contributed by atoms with Gasteiger partial charge in [-0.25, -0.2) is 9.78 Å². The van der Waals surface area contributed by atoms with Crippen molar-refractivity contribution in [2.75, 3.05) is 11.1 Å². The van der Waals surface area contributed by atoms with E-state index in [0.29, 0.717) is 21.4 Å². The van der Waals surface area contributed by atoms with Crippen LogP contribution in [0, 0.1) is 6.92 Å². The fourth-order valence-corrected chi connectivity index (χ4v) is 7.48. The third-order valence-electron chi connectivity index (χ3n) is 4.33. The standard InChI is InChI=1S/C16H13ClN6O5S4/c1-5-21-22-16(30-5)31-7-3-29-13-9(12(26)23(13)10(7)14(27)28)20-8(25)2-6-11(17)32-15(19-6)18-4-24/h4,9,13H,2-3H2,1H3,(H,20,25)(H,27,28)(H,18,19,24)/t9-,13-/m1/s1. The summed E-state index contributed by atoms with van der Waals surface area (Å²) in [5.41, 5.74) is 0.171. The molecule has 4 heterocycles. The van der Waals surface area contributed by atoms with Crippen LogP contribution in [0.3, 0.4) is 0 Å². The number of hydrogen-bond donors (Lipinski definition) is 3. The molecule has 0 aromatic carbocycles. The molecule has 2 atom stereocenters. The number of carbonyl (C=O) groups is 4. The van der Waals surface area contributed by atoms with Crippen molar-refractivity contribution in [1.82, 2.24) is 25.4 Å². The summed E-state index contributed by atoms with van der Waals surface area (Å²) in [6, 6.07) is -0.859. The summed E-state index contributed by atoms with van der Waals surface area (Å²) in [4.78, 5) is 53.4. The summed E-state index contributed by atoms with van der Waals surface area (Å²) in [7, 11) is 0. The van der Waals surface area contributed by atoms with Crippen LogP contribution in [0.1, 0.15) is 10.7 Å². The Bertz CT molecular complexity index is 1150. The lowest BCUT2D eigenvalue weighted by Crippen LogP contribution is -2.70. The number of carboxylic acid groups (broad SMARTS) is 1. The summed E-state index contributed by atoms with van der Waals surface area (Å²) in [5.74, 6) is -1.86. The number of β-lactam (4-membered cyclic amide) rings is 1. The number of aryl methyl sites for hydroxylation is 1. The largest absolute Gasteiger partial charge is 0.477 e. The number of carboxylic acids is 1. The predicted octanol–water partition coefficient (Wildman–Crippen LogP) is 1.56. The van der Waals surface area contributed by atoms with E-state index in [9.17, 15) is 24.3 Å². The van der Waals surface area contributed by atoms with Gasteiger partial charge in [-0.05, 0) is 6.92 Å². The minimum Gasteiger partial charge on any atom is -0.477 e.